The van der Waals surface area contributed by atoms with E-state index < -0.39 is 17.5 Å². The third-order valence-corrected chi connectivity index (χ3v) is 6.79. The molecule has 0 fully saturated rings. The Morgan fingerprint density at radius 3 is 2.66 bits per heavy atom. The molecular formula is C32H28N2O7. The first-order chi connectivity index (χ1) is 19.9. The Kier molecular flexibility index (Phi) is 7.92. The number of nitrogens with zero attached hydrogens (tertiary/aromatic N) is 1. The highest BCUT2D eigenvalue weighted by Crippen LogP contribution is 2.45. The Labute approximate surface area is 236 Å². The number of hydrogen-bond acceptors (Lipinski definition) is 9. The molecule has 9 heteroatoms. The van der Waals surface area contributed by atoms with Crippen LogP contribution in [0.4, 0.5) is 0 Å². The van der Waals surface area contributed by atoms with Gasteiger partial charge < -0.3 is 29.1 Å². The molecule has 0 radical (unpaired) electrons. The number of nitrogens with two attached hydrogens (primary N) is 1. The van der Waals surface area contributed by atoms with E-state index in [2.05, 4.69) is 13.0 Å². The minimum absolute atomic E-state index is 0.0671. The van der Waals surface area contributed by atoms with E-state index in [1.165, 1.54) is 12.1 Å². The zero-order valence-corrected chi connectivity index (χ0v) is 22.6. The zero-order chi connectivity index (χ0) is 28.9. The molecule has 4 aromatic rings. The van der Waals surface area contributed by atoms with Gasteiger partial charge in [-0.1, -0.05) is 50.1 Å². The minimum atomic E-state index is -0.877. The number of ether oxygens (including phenoxy) is 4. The summed E-state index contributed by atoms with van der Waals surface area (Å²) in [5, 5.41) is 10.5. The minimum Gasteiger partial charge on any atom is -0.493 e. The lowest BCUT2D eigenvalue weighted by Crippen LogP contribution is -2.22. The second-order valence-electron chi connectivity index (χ2n) is 9.47. The van der Waals surface area contributed by atoms with Crippen molar-refractivity contribution in [2.45, 2.75) is 32.1 Å². The predicted octanol–water partition coefficient (Wildman–Crippen LogP) is 5.81. The summed E-state index contributed by atoms with van der Waals surface area (Å²) in [6, 6.07) is 20.7. The maximum atomic E-state index is 12.9. The number of fused-ring (bicyclic) bond motifs is 2. The molecule has 1 aliphatic rings. The summed E-state index contributed by atoms with van der Waals surface area (Å²) in [6.45, 7) is 2.70. The van der Waals surface area contributed by atoms with Crippen molar-refractivity contribution < 1.29 is 28.2 Å². The van der Waals surface area contributed by atoms with E-state index in [0.29, 0.717) is 40.4 Å². The second-order valence-corrected chi connectivity index (χ2v) is 9.47. The first-order valence-corrected chi connectivity index (χ1v) is 13.2. The van der Waals surface area contributed by atoms with Crippen molar-refractivity contribution in [2.75, 3.05) is 13.7 Å². The van der Waals surface area contributed by atoms with Crippen molar-refractivity contribution >= 4 is 16.9 Å². The van der Waals surface area contributed by atoms with Gasteiger partial charge in [0.1, 0.15) is 34.3 Å². The van der Waals surface area contributed by atoms with Gasteiger partial charge in [-0.2, -0.15) is 5.26 Å². The van der Waals surface area contributed by atoms with Crippen molar-refractivity contribution in [1.29, 1.82) is 5.26 Å². The Morgan fingerprint density at radius 2 is 1.88 bits per heavy atom. The van der Waals surface area contributed by atoms with Gasteiger partial charge in [0.2, 0.25) is 5.88 Å². The molecule has 0 bridgehead atoms. The van der Waals surface area contributed by atoms with Crippen LogP contribution in [0.25, 0.3) is 11.0 Å². The molecule has 0 aliphatic carbocycles. The molecule has 208 valence electrons. The fraction of sp³-hybridized carbons (Fsp3) is 0.219. The molecule has 1 aliphatic heterocycles. The third kappa shape index (κ3) is 5.58. The van der Waals surface area contributed by atoms with E-state index in [1.807, 2.05) is 18.2 Å². The number of hydrogen-bond donors (Lipinski definition) is 1. The summed E-state index contributed by atoms with van der Waals surface area (Å²) >= 11 is 0. The molecule has 0 saturated heterocycles. The summed E-state index contributed by atoms with van der Waals surface area (Å²) in [4.78, 5) is 25.3. The van der Waals surface area contributed by atoms with Crippen LogP contribution in [0.15, 0.2) is 87.4 Å². The zero-order valence-electron chi connectivity index (χ0n) is 22.6. The van der Waals surface area contributed by atoms with E-state index >= 15 is 0 Å². The van der Waals surface area contributed by atoms with Crippen LogP contribution in [-0.2, 0) is 0 Å². The largest absolute Gasteiger partial charge is 0.493 e. The van der Waals surface area contributed by atoms with Gasteiger partial charge >= 0.3 is 11.6 Å². The van der Waals surface area contributed by atoms with Crippen LogP contribution in [0.2, 0.25) is 0 Å². The summed E-state index contributed by atoms with van der Waals surface area (Å²) in [7, 11) is 1.56. The smallest absolute Gasteiger partial charge is 0.351 e. The molecule has 0 amide bonds. The SMILES string of the molecule is CCCCCOc1ccc(C2C(C#N)=C(N)Oc3cc(OC(=O)c4cc5ccccc5oc4=O)ccc32)cc1OC. The number of allylic oxidation sites excluding steroid dienone is 1. The monoisotopic (exact) mass is 552 g/mol. The first kappa shape index (κ1) is 27.3. The van der Waals surface area contributed by atoms with E-state index in [9.17, 15) is 14.9 Å². The molecule has 9 nitrogen and oxygen atoms in total. The normalized spacial score (nSPS) is 14.1. The van der Waals surface area contributed by atoms with Crippen LogP contribution in [0.3, 0.4) is 0 Å². The number of methoxy groups -OCH3 is 1. The van der Waals surface area contributed by atoms with Crippen molar-refractivity contribution in [1.82, 2.24) is 0 Å². The maximum absolute atomic E-state index is 12.9. The van der Waals surface area contributed by atoms with Gasteiger partial charge in [-0.25, -0.2) is 9.59 Å². The summed E-state index contributed by atoms with van der Waals surface area (Å²) in [5.74, 6) is 0.0601. The number of para-hydroxylation sites is 1. The van der Waals surface area contributed by atoms with Gasteiger partial charge in [0.05, 0.1) is 19.6 Å². The molecule has 2 heterocycles. The topological polar surface area (TPSA) is 134 Å². The van der Waals surface area contributed by atoms with Crippen LogP contribution in [0.5, 0.6) is 23.0 Å². The number of carbonyl (C=O) groups excluding carboxylic acids is 1. The summed E-state index contributed by atoms with van der Waals surface area (Å²) in [5.41, 5.74) is 7.09. The highest BCUT2D eigenvalue weighted by molar-refractivity contribution is 5.94. The van der Waals surface area contributed by atoms with Gasteiger partial charge in [0, 0.05) is 17.0 Å². The van der Waals surface area contributed by atoms with E-state index in [-0.39, 0.29) is 22.8 Å². The lowest BCUT2D eigenvalue weighted by molar-refractivity contribution is 0.0730. The third-order valence-electron chi connectivity index (χ3n) is 6.79. The van der Waals surface area contributed by atoms with Crippen molar-refractivity contribution in [3.05, 3.63) is 105 Å². The average Bonchev–Trinajstić information content (AvgIpc) is 2.98. The van der Waals surface area contributed by atoms with Crippen LogP contribution < -0.4 is 30.3 Å². The highest BCUT2D eigenvalue weighted by atomic mass is 16.5. The van der Waals surface area contributed by atoms with Gasteiger partial charge in [-0.05, 0) is 42.3 Å². The van der Waals surface area contributed by atoms with Crippen LogP contribution in [-0.4, -0.2) is 19.7 Å². The van der Waals surface area contributed by atoms with Gasteiger partial charge in [-0.3, -0.25) is 0 Å². The lowest BCUT2D eigenvalue weighted by Gasteiger charge is -2.27. The number of nitriles is 1. The molecule has 2 N–H and O–H groups in total. The van der Waals surface area contributed by atoms with E-state index in [0.717, 1.165) is 24.8 Å². The Morgan fingerprint density at radius 1 is 1.05 bits per heavy atom. The second kappa shape index (κ2) is 11.9. The van der Waals surface area contributed by atoms with Crippen LogP contribution >= 0.6 is 0 Å². The molecule has 0 saturated carbocycles. The van der Waals surface area contributed by atoms with Crippen molar-refractivity contribution in [2.24, 2.45) is 5.73 Å². The molecule has 1 atom stereocenters. The average molecular weight is 553 g/mol. The predicted molar refractivity (Wildman–Crippen MR) is 151 cm³/mol. The molecule has 41 heavy (non-hydrogen) atoms. The standard InChI is InChI=1S/C32H28N2O7/c1-3-4-7-14-38-26-13-10-20(16-28(26)37-2)29-22-12-11-21(17-27(22)40-30(34)24(29)18-33)39-31(35)23-15-19-8-5-6-9-25(19)41-32(23)36/h5-6,8-13,15-17,29H,3-4,7,14,34H2,1-2H3. The molecule has 1 aromatic heterocycles. The number of benzene rings is 3. The molecular weight excluding hydrogens is 524 g/mol. The molecule has 3 aromatic carbocycles. The first-order valence-electron chi connectivity index (χ1n) is 13.2. The highest BCUT2D eigenvalue weighted by Gasteiger charge is 2.32. The number of esters is 1. The van der Waals surface area contributed by atoms with E-state index in [4.69, 9.17) is 29.1 Å². The number of rotatable bonds is 9. The van der Waals surface area contributed by atoms with Crippen molar-refractivity contribution in [3.8, 4) is 29.1 Å². The van der Waals surface area contributed by atoms with Crippen LogP contribution in [0.1, 0.15) is 53.6 Å². The fourth-order valence-electron chi connectivity index (χ4n) is 4.73. The quantitative estimate of drug-likeness (QED) is 0.118. The molecule has 1 unspecified atom stereocenters. The van der Waals surface area contributed by atoms with Crippen molar-refractivity contribution in [3.63, 3.8) is 0 Å². The van der Waals surface area contributed by atoms with E-state index in [1.54, 1.807) is 43.5 Å². The fourth-order valence-corrected chi connectivity index (χ4v) is 4.73. The Bertz CT molecular complexity index is 1750. The summed E-state index contributed by atoms with van der Waals surface area (Å²) in [6.07, 6.45) is 3.10. The Balaban J connectivity index is 1.44. The van der Waals surface area contributed by atoms with Gasteiger partial charge in [-0.15, -0.1) is 0 Å². The molecule has 5 rings (SSSR count). The number of unbranched alkanes of at least 4 members (excludes halogenated alkanes) is 2. The Hall–Kier alpha value is -5.23. The van der Waals surface area contributed by atoms with Gasteiger partial charge in [0.25, 0.3) is 0 Å². The van der Waals surface area contributed by atoms with Crippen LogP contribution in [0, 0.1) is 11.3 Å². The lowest BCUT2D eigenvalue weighted by atomic mass is 9.83. The van der Waals surface area contributed by atoms with Gasteiger partial charge in [0.15, 0.2) is 11.5 Å². The number of carbonyl (C=O) groups is 1. The molecule has 0 spiro atoms. The summed E-state index contributed by atoms with van der Waals surface area (Å²) < 4.78 is 28.0. The maximum Gasteiger partial charge on any atom is 0.351 e.